The van der Waals surface area contributed by atoms with Crippen LogP contribution in [-0.4, -0.2) is 46.0 Å². The molecule has 1 aromatic carbocycles. The average Bonchev–Trinajstić information content (AvgIpc) is 3.10. The molecule has 1 aromatic heterocycles. The van der Waals surface area contributed by atoms with Crippen molar-refractivity contribution in [2.75, 3.05) is 19.6 Å². The van der Waals surface area contributed by atoms with Crippen LogP contribution in [0.2, 0.25) is 0 Å². The standard InChI is InChI=1S/C21H29FN6O/c1-3-24-21(27-9-4-5-17(14-27)12-20(23)29)26-13-16-6-7-19(18(22)11-16)28-10-8-25-15(28)2/h6-8,10-11,17H,3-5,9,12-14H2,1-2H3,(H2,23,29)(H,24,26). The number of hydrogen-bond acceptors (Lipinski definition) is 3. The van der Waals surface area contributed by atoms with Crippen molar-refractivity contribution >= 4 is 11.9 Å². The second-order valence-electron chi connectivity index (χ2n) is 7.43. The molecule has 1 saturated heterocycles. The molecule has 2 heterocycles. The van der Waals surface area contributed by atoms with Gasteiger partial charge in [-0.05, 0) is 50.3 Å². The number of benzene rings is 1. The Morgan fingerprint density at radius 1 is 1.45 bits per heavy atom. The molecule has 29 heavy (non-hydrogen) atoms. The van der Waals surface area contributed by atoms with Crippen LogP contribution < -0.4 is 11.1 Å². The quantitative estimate of drug-likeness (QED) is 0.576. The molecule has 2 aromatic rings. The molecule has 7 nitrogen and oxygen atoms in total. The van der Waals surface area contributed by atoms with Crippen molar-refractivity contribution in [2.45, 2.75) is 39.7 Å². The minimum absolute atomic E-state index is 0.250. The number of amides is 1. The maximum atomic E-state index is 14.6. The molecule has 0 radical (unpaired) electrons. The number of carbonyl (C=O) groups is 1. The number of nitrogens with two attached hydrogens (primary N) is 1. The molecular weight excluding hydrogens is 371 g/mol. The van der Waals surface area contributed by atoms with Gasteiger partial charge < -0.3 is 20.5 Å². The molecule has 1 unspecified atom stereocenters. The van der Waals surface area contributed by atoms with Gasteiger partial charge in [0.25, 0.3) is 0 Å². The molecule has 8 heteroatoms. The van der Waals surface area contributed by atoms with Gasteiger partial charge in [-0.15, -0.1) is 0 Å². The molecule has 1 aliphatic rings. The Balaban J connectivity index is 1.72. The van der Waals surface area contributed by atoms with Gasteiger partial charge in [-0.3, -0.25) is 4.79 Å². The zero-order valence-corrected chi connectivity index (χ0v) is 17.1. The molecule has 1 fully saturated rings. The molecule has 1 aliphatic heterocycles. The van der Waals surface area contributed by atoms with Crippen LogP contribution in [0.25, 0.3) is 5.69 Å². The summed E-state index contributed by atoms with van der Waals surface area (Å²) in [6.07, 6.45) is 5.79. The molecule has 0 saturated carbocycles. The highest BCUT2D eigenvalue weighted by atomic mass is 19.1. The molecule has 3 N–H and O–H groups in total. The summed E-state index contributed by atoms with van der Waals surface area (Å²) in [6.45, 7) is 6.60. The van der Waals surface area contributed by atoms with E-state index in [1.54, 1.807) is 23.0 Å². The molecule has 0 spiro atoms. The van der Waals surface area contributed by atoms with Crippen LogP contribution in [0.3, 0.4) is 0 Å². The Hall–Kier alpha value is -2.90. The van der Waals surface area contributed by atoms with E-state index in [1.165, 1.54) is 6.07 Å². The lowest BCUT2D eigenvalue weighted by atomic mass is 9.95. The van der Waals surface area contributed by atoms with Crippen molar-refractivity contribution in [3.8, 4) is 5.69 Å². The van der Waals surface area contributed by atoms with Crippen molar-refractivity contribution < 1.29 is 9.18 Å². The number of halogens is 1. The number of likely N-dealkylation sites (tertiary alicyclic amines) is 1. The van der Waals surface area contributed by atoms with Gasteiger partial charge in [0.2, 0.25) is 5.91 Å². The summed E-state index contributed by atoms with van der Waals surface area (Å²) in [5, 5.41) is 3.31. The van der Waals surface area contributed by atoms with Crippen LogP contribution in [0.15, 0.2) is 35.6 Å². The lowest BCUT2D eigenvalue weighted by Crippen LogP contribution is -2.47. The Bertz CT molecular complexity index is 878. The van der Waals surface area contributed by atoms with Crippen molar-refractivity contribution in [3.05, 3.63) is 47.8 Å². The van der Waals surface area contributed by atoms with Gasteiger partial charge in [0.1, 0.15) is 11.6 Å². The smallest absolute Gasteiger partial charge is 0.217 e. The first-order valence-electron chi connectivity index (χ1n) is 10.1. The molecule has 156 valence electrons. The number of piperidine rings is 1. The SMILES string of the molecule is CCNC(=NCc1ccc(-n2ccnc2C)c(F)c1)N1CCCC(CC(N)=O)C1. The van der Waals surface area contributed by atoms with Crippen molar-refractivity contribution in [1.29, 1.82) is 0 Å². The number of carbonyl (C=O) groups excluding carboxylic acids is 1. The van der Waals surface area contributed by atoms with Crippen LogP contribution in [0, 0.1) is 18.7 Å². The fourth-order valence-electron chi connectivity index (χ4n) is 3.78. The molecular formula is C21H29FN6O. The summed E-state index contributed by atoms with van der Waals surface area (Å²) in [5.74, 6) is 1.21. The number of aromatic nitrogens is 2. The van der Waals surface area contributed by atoms with Crippen molar-refractivity contribution in [3.63, 3.8) is 0 Å². The first-order valence-corrected chi connectivity index (χ1v) is 10.1. The van der Waals surface area contributed by atoms with Gasteiger partial charge in [-0.2, -0.15) is 0 Å². The van der Waals surface area contributed by atoms with Crippen molar-refractivity contribution in [2.24, 2.45) is 16.6 Å². The zero-order chi connectivity index (χ0) is 20.8. The summed E-state index contributed by atoms with van der Waals surface area (Å²) in [6, 6.07) is 5.16. The minimum Gasteiger partial charge on any atom is -0.370 e. The number of rotatable bonds is 6. The Kier molecular flexibility index (Phi) is 6.85. The number of nitrogens with zero attached hydrogens (tertiary/aromatic N) is 4. The van der Waals surface area contributed by atoms with Crippen LogP contribution >= 0.6 is 0 Å². The third-order valence-electron chi connectivity index (χ3n) is 5.15. The molecule has 1 amide bonds. The number of primary amides is 1. The highest BCUT2D eigenvalue weighted by molar-refractivity contribution is 5.80. The topological polar surface area (TPSA) is 88.5 Å². The third kappa shape index (κ3) is 5.34. The normalized spacial score (nSPS) is 17.4. The maximum Gasteiger partial charge on any atom is 0.217 e. The van der Waals surface area contributed by atoms with Gasteiger partial charge in [0.05, 0.1) is 12.2 Å². The predicted octanol–water partition coefficient (Wildman–Crippen LogP) is 2.37. The fraction of sp³-hybridized carbons (Fsp3) is 0.476. The fourth-order valence-corrected chi connectivity index (χ4v) is 3.78. The molecule has 1 atom stereocenters. The van der Waals surface area contributed by atoms with E-state index in [0.717, 1.165) is 49.8 Å². The Labute approximate surface area is 170 Å². The summed E-state index contributed by atoms with van der Waals surface area (Å²) in [4.78, 5) is 22.3. The van der Waals surface area contributed by atoms with Gasteiger partial charge in [0.15, 0.2) is 5.96 Å². The van der Waals surface area contributed by atoms with Gasteiger partial charge in [0, 0.05) is 38.4 Å². The Morgan fingerprint density at radius 2 is 2.28 bits per heavy atom. The van der Waals surface area contributed by atoms with E-state index in [9.17, 15) is 9.18 Å². The van der Waals surface area contributed by atoms with Crippen molar-refractivity contribution in [1.82, 2.24) is 19.8 Å². The van der Waals surface area contributed by atoms with E-state index in [1.807, 2.05) is 19.9 Å². The minimum atomic E-state index is -0.303. The predicted molar refractivity (Wildman–Crippen MR) is 111 cm³/mol. The highest BCUT2D eigenvalue weighted by Gasteiger charge is 2.23. The van der Waals surface area contributed by atoms with E-state index >= 15 is 0 Å². The summed E-state index contributed by atoms with van der Waals surface area (Å²) in [5.41, 5.74) is 6.64. The van der Waals surface area contributed by atoms with E-state index in [2.05, 4.69) is 15.2 Å². The highest BCUT2D eigenvalue weighted by Crippen LogP contribution is 2.20. The van der Waals surface area contributed by atoms with E-state index in [-0.39, 0.29) is 17.6 Å². The lowest BCUT2D eigenvalue weighted by Gasteiger charge is -2.34. The molecule has 0 bridgehead atoms. The summed E-state index contributed by atoms with van der Waals surface area (Å²) in [7, 11) is 0. The van der Waals surface area contributed by atoms with Gasteiger partial charge in [-0.1, -0.05) is 6.07 Å². The monoisotopic (exact) mass is 400 g/mol. The first-order chi connectivity index (χ1) is 14.0. The van der Waals surface area contributed by atoms with E-state index in [4.69, 9.17) is 10.7 Å². The van der Waals surface area contributed by atoms with Crippen LogP contribution in [0.5, 0.6) is 0 Å². The summed E-state index contributed by atoms with van der Waals surface area (Å²) >= 11 is 0. The largest absolute Gasteiger partial charge is 0.370 e. The number of aryl methyl sites for hydroxylation is 1. The van der Waals surface area contributed by atoms with Gasteiger partial charge in [-0.25, -0.2) is 14.4 Å². The number of guanidine groups is 1. The first kappa shape index (κ1) is 20.8. The summed E-state index contributed by atoms with van der Waals surface area (Å²) < 4.78 is 16.3. The van der Waals surface area contributed by atoms with E-state index < -0.39 is 0 Å². The van der Waals surface area contributed by atoms with Crippen LogP contribution in [0.1, 0.15) is 37.6 Å². The number of hydrogen-bond donors (Lipinski definition) is 2. The zero-order valence-electron chi connectivity index (χ0n) is 17.1. The number of nitrogens with one attached hydrogen (secondary N) is 1. The number of aliphatic imine (C=N–C) groups is 1. The second-order valence-corrected chi connectivity index (χ2v) is 7.43. The molecule has 3 rings (SSSR count). The van der Waals surface area contributed by atoms with Crippen LogP contribution in [-0.2, 0) is 11.3 Å². The van der Waals surface area contributed by atoms with Gasteiger partial charge >= 0.3 is 0 Å². The third-order valence-corrected chi connectivity index (χ3v) is 5.15. The van der Waals surface area contributed by atoms with Crippen LogP contribution in [0.4, 0.5) is 4.39 Å². The lowest BCUT2D eigenvalue weighted by molar-refractivity contribution is -0.119. The number of imidazole rings is 1. The maximum absolute atomic E-state index is 14.6. The Morgan fingerprint density at radius 3 is 2.93 bits per heavy atom. The average molecular weight is 401 g/mol. The van der Waals surface area contributed by atoms with E-state index in [0.29, 0.717) is 18.7 Å². The second kappa shape index (κ2) is 9.54. The molecule has 0 aliphatic carbocycles.